The molecule has 6 heteroatoms. The summed E-state index contributed by atoms with van der Waals surface area (Å²) in [5.74, 6) is 8.34. The maximum Gasteiger partial charge on any atom is 0.162 e. The topological polar surface area (TPSA) is 77.0 Å². The zero-order valence-corrected chi connectivity index (χ0v) is 12.0. The van der Waals surface area contributed by atoms with Gasteiger partial charge in [-0.15, -0.1) is 0 Å². The lowest BCUT2D eigenvalue weighted by Gasteiger charge is -2.07. The minimum absolute atomic E-state index is 0.589. The van der Waals surface area contributed by atoms with Gasteiger partial charge in [-0.3, -0.25) is 0 Å². The Bertz CT molecular complexity index is 701. The predicted octanol–water partition coefficient (Wildman–Crippen LogP) is 3.31. The number of anilines is 1. The van der Waals surface area contributed by atoms with Gasteiger partial charge in [0.05, 0.1) is 12.0 Å². The Morgan fingerprint density at radius 1 is 1.10 bits per heavy atom. The van der Waals surface area contributed by atoms with Gasteiger partial charge in [0.25, 0.3) is 0 Å². The number of nitrogens with zero attached hydrogens (tertiary/aromatic N) is 2. The van der Waals surface area contributed by atoms with E-state index in [1.54, 1.807) is 18.0 Å². The van der Waals surface area contributed by atoms with Crippen molar-refractivity contribution in [1.29, 1.82) is 0 Å². The molecule has 106 valence electrons. The maximum absolute atomic E-state index is 5.49. The molecule has 2 heterocycles. The maximum atomic E-state index is 5.49. The first-order valence-electron chi connectivity index (χ1n) is 6.41. The fourth-order valence-corrected chi connectivity index (χ4v) is 2.63. The smallest absolute Gasteiger partial charge is 0.162 e. The van der Waals surface area contributed by atoms with Gasteiger partial charge >= 0.3 is 0 Å². The van der Waals surface area contributed by atoms with E-state index >= 15 is 0 Å². The molecule has 0 aliphatic carbocycles. The van der Waals surface area contributed by atoms with Gasteiger partial charge in [-0.05, 0) is 12.1 Å². The molecule has 0 bridgehead atoms. The number of hydrogen-bond acceptors (Lipinski definition) is 6. The van der Waals surface area contributed by atoms with Crippen molar-refractivity contribution in [3.63, 3.8) is 0 Å². The quantitative estimate of drug-likeness (QED) is 0.326. The summed E-state index contributed by atoms with van der Waals surface area (Å²) in [6, 6.07) is 15.4. The average Bonchev–Trinajstić information content (AvgIpc) is 3.07. The van der Waals surface area contributed by atoms with E-state index in [-0.39, 0.29) is 0 Å². The predicted molar refractivity (Wildman–Crippen MR) is 83.5 cm³/mol. The summed E-state index contributed by atoms with van der Waals surface area (Å²) in [6.07, 6.45) is 1.66. The molecule has 0 saturated heterocycles. The molecule has 0 fully saturated rings. The summed E-state index contributed by atoms with van der Waals surface area (Å²) in [7, 11) is 0. The summed E-state index contributed by atoms with van der Waals surface area (Å²) in [5.41, 5.74) is 3.54. The number of benzene rings is 1. The molecule has 0 radical (unpaired) electrons. The van der Waals surface area contributed by atoms with Crippen LogP contribution in [0.4, 0.5) is 5.82 Å². The lowest BCUT2D eigenvalue weighted by atomic mass is 10.2. The second-order valence-electron chi connectivity index (χ2n) is 4.29. The normalized spacial score (nSPS) is 10.5. The standard InChI is InChI=1S/C15H14N4OS/c16-19-13-9-14(21-10-12-7-4-8-20-12)18-15(17-13)11-5-2-1-3-6-11/h1-9H,10,16H2,(H,17,18,19). The minimum atomic E-state index is 0.589. The average molecular weight is 298 g/mol. The number of nitrogens with two attached hydrogens (primary N) is 1. The Labute approximate surface area is 126 Å². The minimum Gasteiger partial charge on any atom is -0.468 e. The van der Waals surface area contributed by atoms with E-state index in [4.69, 9.17) is 10.3 Å². The second kappa shape index (κ2) is 6.43. The molecule has 0 aliphatic heterocycles. The van der Waals surface area contributed by atoms with Crippen LogP contribution in [0.15, 0.2) is 64.2 Å². The Kier molecular flexibility index (Phi) is 4.18. The highest BCUT2D eigenvalue weighted by Gasteiger charge is 2.07. The van der Waals surface area contributed by atoms with Crippen LogP contribution in [0, 0.1) is 0 Å². The molecule has 3 rings (SSSR count). The highest BCUT2D eigenvalue weighted by Crippen LogP contribution is 2.26. The number of nitrogen functional groups attached to an aromatic ring is 1. The van der Waals surface area contributed by atoms with E-state index in [2.05, 4.69) is 15.4 Å². The van der Waals surface area contributed by atoms with Crippen LogP contribution in [-0.2, 0) is 5.75 Å². The van der Waals surface area contributed by atoms with Gasteiger partial charge in [0.2, 0.25) is 0 Å². The van der Waals surface area contributed by atoms with Crippen molar-refractivity contribution >= 4 is 17.6 Å². The third kappa shape index (κ3) is 3.42. The van der Waals surface area contributed by atoms with Gasteiger partial charge in [0.1, 0.15) is 16.6 Å². The fourth-order valence-electron chi connectivity index (χ4n) is 1.83. The van der Waals surface area contributed by atoms with Crippen molar-refractivity contribution in [2.45, 2.75) is 10.8 Å². The third-order valence-corrected chi connectivity index (χ3v) is 3.76. The van der Waals surface area contributed by atoms with Crippen molar-refractivity contribution in [2.75, 3.05) is 5.43 Å². The van der Waals surface area contributed by atoms with Gasteiger partial charge in [-0.25, -0.2) is 15.8 Å². The number of furan rings is 1. The Morgan fingerprint density at radius 3 is 2.67 bits per heavy atom. The molecule has 0 amide bonds. The molecule has 0 aliphatic rings. The molecule has 5 nitrogen and oxygen atoms in total. The molecule has 3 aromatic rings. The summed E-state index contributed by atoms with van der Waals surface area (Å²) < 4.78 is 5.32. The molecule has 1 aromatic carbocycles. The molecule has 3 N–H and O–H groups in total. The van der Waals surface area contributed by atoms with Crippen molar-refractivity contribution in [3.05, 3.63) is 60.6 Å². The first-order valence-corrected chi connectivity index (χ1v) is 7.40. The van der Waals surface area contributed by atoms with E-state index in [0.29, 0.717) is 17.4 Å². The third-order valence-electron chi connectivity index (χ3n) is 2.82. The molecule has 0 saturated carbocycles. The van der Waals surface area contributed by atoms with Crippen molar-refractivity contribution in [1.82, 2.24) is 9.97 Å². The molecule has 0 atom stereocenters. The summed E-state index contributed by atoms with van der Waals surface area (Å²) in [5, 5.41) is 0.841. The van der Waals surface area contributed by atoms with E-state index in [9.17, 15) is 0 Å². The monoisotopic (exact) mass is 298 g/mol. The number of rotatable bonds is 5. The van der Waals surface area contributed by atoms with Crippen LogP contribution in [-0.4, -0.2) is 9.97 Å². The van der Waals surface area contributed by atoms with Crippen LogP contribution in [0.3, 0.4) is 0 Å². The second-order valence-corrected chi connectivity index (χ2v) is 5.29. The molecule has 21 heavy (non-hydrogen) atoms. The number of nitrogens with one attached hydrogen (secondary N) is 1. The largest absolute Gasteiger partial charge is 0.468 e. The van der Waals surface area contributed by atoms with Gasteiger partial charge in [-0.2, -0.15) is 0 Å². The van der Waals surface area contributed by atoms with Crippen LogP contribution in [0.1, 0.15) is 5.76 Å². The van der Waals surface area contributed by atoms with Crippen LogP contribution in [0.2, 0.25) is 0 Å². The van der Waals surface area contributed by atoms with Crippen molar-refractivity contribution < 1.29 is 4.42 Å². The summed E-state index contributed by atoms with van der Waals surface area (Å²) in [6.45, 7) is 0. The molecule has 2 aromatic heterocycles. The number of thioether (sulfide) groups is 1. The Morgan fingerprint density at radius 2 is 1.95 bits per heavy atom. The van der Waals surface area contributed by atoms with Crippen LogP contribution < -0.4 is 11.3 Å². The number of hydrogen-bond donors (Lipinski definition) is 2. The molecule has 0 spiro atoms. The van der Waals surface area contributed by atoms with Crippen LogP contribution in [0.5, 0.6) is 0 Å². The highest BCUT2D eigenvalue weighted by atomic mass is 32.2. The van der Waals surface area contributed by atoms with E-state index in [0.717, 1.165) is 16.3 Å². The van der Waals surface area contributed by atoms with Crippen molar-refractivity contribution in [2.24, 2.45) is 5.84 Å². The van der Waals surface area contributed by atoms with Gasteiger partial charge < -0.3 is 9.84 Å². The molecular weight excluding hydrogens is 284 g/mol. The molecular formula is C15H14N4OS. The van der Waals surface area contributed by atoms with Gasteiger partial charge in [-0.1, -0.05) is 42.1 Å². The van der Waals surface area contributed by atoms with Gasteiger partial charge in [0, 0.05) is 11.6 Å². The van der Waals surface area contributed by atoms with E-state index in [1.165, 1.54) is 0 Å². The molecule has 0 unspecified atom stereocenters. The van der Waals surface area contributed by atoms with Crippen LogP contribution in [0.25, 0.3) is 11.4 Å². The first kappa shape index (κ1) is 13.7. The van der Waals surface area contributed by atoms with Crippen LogP contribution >= 0.6 is 11.8 Å². The summed E-state index contributed by atoms with van der Waals surface area (Å²) in [4.78, 5) is 8.95. The zero-order chi connectivity index (χ0) is 14.5. The number of aromatic nitrogens is 2. The Balaban J connectivity index is 1.86. The zero-order valence-electron chi connectivity index (χ0n) is 11.2. The van der Waals surface area contributed by atoms with Crippen molar-refractivity contribution in [3.8, 4) is 11.4 Å². The lowest BCUT2D eigenvalue weighted by Crippen LogP contribution is -2.09. The van der Waals surface area contributed by atoms with Gasteiger partial charge in [0.15, 0.2) is 5.82 Å². The highest BCUT2D eigenvalue weighted by molar-refractivity contribution is 7.98. The fraction of sp³-hybridized carbons (Fsp3) is 0.0667. The lowest BCUT2D eigenvalue weighted by molar-refractivity contribution is 0.530. The van der Waals surface area contributed by atoms with E-state index < -0.39 is 0 Å². The Hall–Kier alpha value is -2.31. The SMILES string of the molecule is NNc1cc(SCc2ccco2)nc(-c2ccccc2)n1. The number of hydrazine groups is 1. The van der Waals surface area contributed by atoms with E-state index in [1.807, 2.05) is 48.5 Å². The first-order chi connectivity index (χ1) is 10.3. The summed E-state index contributed by atoms with van der Waals surface area (Å²) >= 11 is 1.58.